The highest BCUT2D eigenvalue weighted by Gasteiger charge is 2.48. The van der Waals surface area contributed by atoms with E-state index in [1.165, 1.54) is 13.0 Å². The van der Waals surface area contributed by atoms with Gasteiger partial charge in [0.1, 0.15) is 5.75 Å². The highest BCUT2D eigenvalue weighted by molar-refractivity contribution is 7.88. The Morgan fingerprint density at radius 1 is 1.14 bits per heavy atom. The monoisotopic (exact) mass is 433 g/mol. The fraction of sp³-hybridized carbons (Fsp3) is 0.368. The minimum absolute atomic E-state index is 0.178. The number of benzene rings is 2. The topological polar surface area (TPSA) is 46.6 Å². The number of nitrogens with zero attached hydrogens (tertiary/aromatic N) is 1. The second kappa shape index (κ2) is 7.24. The first kappa shape index (κ1) is 21.0. The van der Waals surface area contributed by atoms with Crippen molar-refractivity contribution < 1.29 is 25.8 Å². The van der Waals surface area contributed by atoms with Gasteiger partial charge in [0.15, 0.2) is 0 Å². The number of hydrogen-bond donors (Lipinski definition) is 0. The summed E-state index contributed by atoms with van der Waals surface area (Å²) in [6, 6.07) is 8.42. The Kier molecular flexibility index (Phi) is 5.42. The van der Waals surface area contributed by atoms with Gasteiger partial charge in [0.05, 0.1) is 0 Å². The van der Waals surface area contributed by atoms with E-state index in [-0.39, 0.29) is 11.7 Å². The molecule has 2 aromatic rings. The highest BCUT2D eigenvalue weighted by Crippen LogP contribution is 2.38. The Morgan fingerprint density at radius 3 is 2.46 bits per heavy atom. The molecule has 1 aliphatic heterocycles. The summed E-state index contributed by atoms with van der Waals surface area (Å²) in [4.78, 5) is 2.10. The summed E-state index contributed by atoms with van der Waals surface area (Å²) >= 11 is 6.22. The van der Waals surface area contributed by atoms with Crippen LogP contribution in [0.2, 0.25) is 5.02 Å². The average Bonchev–Trinajstić information content (AvgIpc) is 2.56. The second-order valence-electron chi connectivity index (χ2n) is 7.05. The lowest BCUT2D eigenvalue weighted by Gasteiger charge is -2.34. The van der Waals surface area contributed by atoms with Gasteiger partial charge in [-0.3, -0.25) is 0 Å². The minimum atomic E-state index is -5.74. The van der Waals surface area contributed by atoms with Crippen LogP contribution in [0.4, 0.5) is 13.2 Å². The third kappa shape index (κ3) is 3.99. The summed E-state index contributed by atoms with van der Waals surface area (Å²) in [5.41, 5.74) is -1.42. The van der Waals surface area contributed by atoms with Crippen molar-refractivity contribution in [2.45, 2.75) is 31.8 Å². The van der Waals surface area contributed by atoms with Crippen molar-refractivity contribution in [3.63, 3.8) is 0 Å². The summed E-state index contributed by atoms with van der Waals surface area (Å²) in [5.74, 6) is -0.508. The van der Waals surface area contributed by atoms with Gasteiger partial charge in [-0.1, -0.05) is 23.7 Å². The minimum Gasteiger partial charge on any atom is -0.376 e. The molecule has 0 spiro atoms. The molecule has 0 bridgehead atoms. The molecule has 4 nitrogen and oxygen atoms in total. The lowest BCUT2D eigenvalue weighted by Crippen LogP contribution is -2.31. The zero-order valence-corrected chi connectivity index (χ0v) is 17.0. The summed E-state index contributed by atoms with van der Waals surface area (Å²) < 4.78 is 65.4. The molecule has 1 heterocycles. The fourth-order valence-electron chi connectivity index (χ4n) is 3.44. The maximum absolute atomic E-state index is 12.7. The van der Waals surface area contributed by atoms with Crippen LogP contribution in [-0.4, -0.2) is 32.4 Å². The molecule has 1 atom stereocenters. The molecule has 0 fully saturated rings. The SMILES string of the molecule is Cc1ccc(C2CN(C)Cc3c(C)cc(Cl)cc32)cc1OS(=O)(=O)C(F)(F)F. The van der Waals surface area contributed by atoms with E-state index in [0.717, 1.165) is 23.2 Å². The van der Waals surface area contributed by atoms with E-state index in [9.17, 15) is 21.6 Å². The Hall–Kier alpha value is -1.77. The molecule has 1 aliphatic rings. The first-order valence-electron chi connectivity index (χ1n) is 8.48. The van der Waals surface area contributed by atoms with Crippen LogP contribution < -0.4 is 4.18 Å². The number of rotatable bonds is 3. The molecule has 0 radical (unpaired) electrons. The third-order valence-electron chi connectivity index (χ3n) is 4.87. The van der Waals surface area contributed by atoms with Crippen molar-refractivity contribution in [1.82, 2.24) is 4.90 Å². The van der Waals surface area contributed by atoms with E-state index in [1.54, 1.807) is 12.1 Å². The predicted octanol–water partition coefficient (Wildman–Crippen LogP) is 4.76. The summed E-state index contributed by atoms with van der Waals surface area (Å²) in [7, 11) is -3.79. The van der Waals surface area contributed by atoms with Crippen molar-refractivity contribution in [3.05, 3.63) is 63.2 Å². The number of likely N-dealkylation sites (N-methyl/N-ethyl adjacent to an activating group) is 1. The van der Waals surface area contributed by atoms with E-state index >= 15 is 0 Å². The normalized spacial score (nSPS) is 18.0. The number of hydrogen-bond acceptors (Lipinski definition) is 4. The van der Waals surface area contributed by atoms with E-state index in [2.05, 4.69) is 9.08 Å². The molecule has 0 N–H and O–H groups in total. The van der Waals surface area contributed by atoms with Gasteiger partial charge >= 0.3 is 15.6 Å². The second-order valence-corrected chi connectivity index (χ2v) is 9.02. The van der Waals surface area contributed by atoms with Crippen LogP contribution in [0.25, 0.3) is 0 Å². The van der Waals surface area contributed by atoms with Gasteiger partial charge in [-0.15, -0.1) is 0 Å². The molecule has 152 valence electrons. The molecule has 0 saturated carbocycles. The van der Waals surface area contributed by atoms with Crippen LogP contribution in [0.1, 0.15) is 33.7 Å². The van der Waals surface area contributed by atoms with Crippen molar-refractivity contribution >= 4 is 21.7 Å². The van der Waals surface area contributed by atoms with Gasteiger partial charge in [-0.2, -0.15) is 21.6 Å². The first-order chi connectivity index (χ1) is 12.9. The Bertz CT molecular complexity index is 1020. The quantitative estimate of drug-likeness (QED) is 0.517. The van der Waals surface area contributed by atoms with E-state index < -0.39 is 15.6 Å². The number of halogens is 4. The lowest BCUT2D eigenvalue weighted by atomic mass is 9.83. The maximum atomic E-state index is 12.7. The van der Waals surface area contributed by atoms with E-state index in [0.29, 0.717) is 22.7 Å². The van der Waals surface area contributed by atoms with Gasteiger partial charge in [0, 0.05) is 24.0 Å². The standard InChI is InChI=1S/C19H19ClF3NO3S/c1-11-4-5-13(7-18(11)27-28(25,26)19(21,22)23)17-10-24(3)9-16-12(2)6-14(20)8-15(16)17/h4-8,17H,9-10H2,1-3H3. The zero-order chi connectivity index (χ0) is 20.9. The van der Waals surface area contributed by atoms with Gasteiger partial charge in [0.2, 0.25) is 0 Å². The van der Waals surface area contributed by atoms with Crippen molar-refractivity contribution in [1.29, 1.82) is 0 Å². The summed E-state index contributed by atoms with van der Waals surface area (Å²) in [6.45, 7) is 4.79. The van der Waals surface area contributed by atoms with Crippen molar-refractivity contribution in [2.24, 2.45) is 0 Å². The molecule has 0 amide bonds. The van der Waals surface area contributed by atoms with Gasteiger partial charge < -0.3 is 9.08 Å². The Balaban J connectivity index is 2.07. The zero-order valence-electron chi connectivity index (χ0n) is 15.5. The first-order valence-corrected chi connectivity index (χ1v) is 10.3. The highest BCUT2D eigenvalue weighted by atomic mass is 35.5. The third-order valence-corrected chi connectivity index (χ3v) is 6.05. The molecule has 28 heavy (non-hydrogen) atoms. The van der Waals surface area contributed by atoms with Gasteiger partial charge in [0.25, 0.3) is 0 Å². The molecule has 1 unspecified atom stereocenters. The number of fused-ring (bicyclic) bond motifs is 1. The van der Waals surface area contributed by atoms with Crippen LogP contribution in [0, 0.1) is 13.8 Å². The Labute approximate surface area is 167 Å². The van der Waals surface area contributed by atoms with Crippen LogP contribution in [-0.2, 0) is 16.7 Å². The molecule has 3 rings (SSSR count). The largest absolute Gasteiger partial charge is 0.534 e. The summed E-state index contributed by atoms with van der Waals surface area (Å²) in [6.07, 6.45) is 0. The summed E-state index contributed by atoms with van der Waals surface area (Å²) in [5, 5.41) is 0.578. The molecular weight excluding hydrogens is 415 g/mol. The maximum Gasteiger partial charge on any atom is 0.534 e. The van der Waals surface area contributed by atoms with Gasteiger partial charge in [-0.05, 0) is 66.9 Å². The van der Waals surface area contributed by atoms with Crippen molar-refractivity contribution in [2.75, 3.05) is 13.6 Å². The lowest BCUT2D eigenvalue weighted by molar-refractivity contribution is -0.0500. The molecule has 0 saturated heterocycles. The van der Waals surface area contributed by atoms with E-state index in [1.807, 2.05) is 26.1 Å². The van der Waals surface area contributed by atoms with Crippen LogP contribution in [0.3, 0.4) is 0 Å². The fourth-order valence-corrected chi connectivity index (χ4v) is 4.24. The predicted molar refractivity (Wildman–Crippen MR) is 101 cm³/mol. The molecule has 9 heteroatoms. The van der Waals surface area contributed by atoms with Crippen LogP contribution >= 0.6 is 11.6 Å². The molecular formula is C19H19ClF3NO3S. The number of alkyl halides is 3. The molecule has 0 aromatic heterocycles. The van der Waals surface area contributed by atoms with Crippen LogP contribution in [0.15, 0.2) is 30.3 Å². The van der Waals surface area contributed by atoms with E-state index in [4.69, 9.17) is 11.6 Å². The number of aryl methyl sites for hydroxylation is 2. The Morgan fingerprint density at radius 2 is 1.82 bits per heavy atom. The molecule has 2 aromatic carbocycles. The molecule has 0 aliphatic carbocycles. The van der Waals surface area contributed by atoms with Crippen molar-refractivity contribution in [3.8, 4) is 5.75 Å². The van der Waals surface area contributed by atoms with Crippen LogP contribution in [0.5, 0.6) is 5.75 Å². The smallest absolute Gasteiger partial charge is 0.376 e. The van der Waals surface area contributed by atoms with Gasteiger partial charge in [-0.25, -0.2) is 0 Å². The average molecular weight is 434 g/mol.